The fourth-order valence-electron chi connectivity index (χ4n) is 1.30. The molecule has 0 aliphatic rings. The Morgan fingerprint density at radius 1 is 1.61 bits per heavy atom. The number of carbonyl (C=O) groups excluding carboxylic acids is 1. The molecule has 1 aromatic rings. The van der Waals surface area contributed by atoms with Crippen LogP contribution < -0.4 is 11.1 Å². The number of carbonyl (C=O) groups is 1. The molecule has 0 radical (unpaired) electrons. The molecular weight excluding hydrogens is 356 g/mol. The summed E-state index contributed by atoms with van der Waals surface area (Å²) in [7, 11) is 0. The van der Waals surface area contributed by atoms with Crippen molar-refractivity contribution in [3.8, 4) is 0 Å². The Labute approximate surface area is 131 Å². The smallest absolute Gasteiger partial charge is 0.236 e. The van der Waals surface area contributed by atoms with Crippen molar-refractivity contribution in [2.75, 3.05) is 18.6 Å². The molecule has 1 aromatic heterocycles. The van der Waals surface area contributed by atoms with Gasteiger partial charge in [-0.05, 0) is 52.9 Å². The first-order valence-electron chi connectivity index (χ1n) is 5.40. The van der Waals surface area contributed by atoms with Gasteiger partial charge in [-0.3, -0.25) is 4.79 Å². The summed E-state index contributed by atoms with van der Waals surface area (Å²) < 4.78 is 1.12. The second kappa shape index (κ2) is 10.1. The van der Waals surface area contributed by atoms with Crippen LogP contribution in [0.5, 0.6) is 0 Å². The molecule has 1 atom stereocenters. The van der Waals surface area contributed by atoms with Crippen LogP contribution in [-0.4, -0.2) is 30.5 Å². The summed E-state index contributed by atoms with van der Waals surface area (Å²) in [5.74, 6) is 0.876. The molecule has 0 saturated heterocycles. The quantitative estimate of drug-likeness (QED) is 0.772. The van der Waals surface area contributed by atoms with Crippen LogP contribution in [0.4, 0.5) is 0 Å². The zero-order chi connectivity index (χ0) is 12.7. The molecular formula is C11H18BrClN2OS2. The van der Waals surface area contributed by atoms with Gasteiger partial charge in [0, 0.05) is 11.4 Å². The van der Waals surface area contributed by atoms with Crippen molar-refractivity contribution >= 4 is 57.3 Å². The number of thioether (sulfide) groups is 1. The van der Waals surface area contributed by atoms with E-state index in [1.54, 1.807) is 23.1 Å². The molecule has 0 spiro atoms. The van der Waals surface area contributed by atoms with Gasteiger partial charge in [-0.2, -0.15) is 11.8 Å². The molecule has 1 rings (SSSR count). The average molecular weight is 374 g/mol. The maximum Gasteiger partial charge on any atom is 0.236 e. The van der Waals surface area contributed by atoms with E-state index < -0.39 is 0 Å². The first-order chi connectivity index (χ1) is 8.13. The van der Waals surface area contributed by atoms with Crippen LogP contribution in [0.25, 0.3) is 0 Å². The van der Waals surface area contributed by atoms with Crippen molar-refractivity contribution < 1.29 is 4.79 Å². The lowest BCUT2D eigenvalue weighted by atomic mass is 10.2. The SMILES string of the molecule is CSCC[C@H](N)C(=O)NCCc1ccc(Br)s1.Cl. The molecule has 0 bridgehead atoms. The van der Waals surface area contributed by atoms with E-state index in [2.05, 4.69) is 27.3 Å². The van der Waals surface area contributed by atoms with Crippen molar-refractivity contribution in [3.05, 3.63) is 20.8 Å². The van der Waals surface area contributed by atoms with E-state index in [0.29, 0.717) is 6.54 Å². The molecule has 0 saturated carbocycles. The summed E-state index contributed by atoms with van der Waals surface area (Å²) in [6.45, 7) is 0.652. The molecule has 104 valence electrons. The molecule has 0 unspecified atom stereocenters. The summed E-state index contributed by atoms with van der Waals surface area (Å²) in [5.41, 5.74) is 5.76. The summed E-state index contributed by atoms with van der Waals surface area (Å²) in [5, 5.41) is 2.87. The standard InChI is InChI=1S/C11H17BrN2OS2.ClH/c1-16-7-5-9(13)11(15)14-6-4-8-2-3-10(12)17-8;/h2-3,9H,4-7,13H2,1H3,(H,14,15);1H/t9-;/m0./s1. The van der Waals surface area contributed by atoms with E-state index >= 15 is 0 Å². The van der Waals surface area contributed by atoms with Gasteiger partial charge in [0.25, 0.3) is 0 Å². The van der Waals surface area contributed by atoms with Gasteiger partial charge in [0.2, 0.25) is 5.91 Å². The lowest BCUT2D eigenvalue weighted by molar-refractivity contribution is -0.122. The third-order valence-corrected chi connectivity index (χ3v) is 4.60. The van der Waals surface area contributed by atoms with E-state index in [4.69, 9.17) is 5.73 Å². The topological polar surface area (TPSA) is 55.1 Å². The Balaban J connectivity index is 0.00000289. The minimum Gasteiger partial charge on any atom is -0.354 e. The van der Waals surface area contributed by atoms with Crippen LogP contribution in [0.15, 0.2) is 15.9 Å². The van der Waals surface area contributed by atoms with Gasteiger partial charge in [0.05, 0.1) is 9.83 Å². The molecule has 0 aliphatic heterocycles. The van der Waals surface area contributed by atoms with Gasteiger partial charge < -0.3 is 11.1 Å². The van der Waals surface area contributed by atoms with Gasteiger partial charge in [-0.25, -0.2) is 0 Å². The van der Waals surface area contributed by atoms with E-state index in [-0.39, 0.29) is 24.4 Å². The van der Waals surface area contributed by atoms with E-state index in [9.17, 15) is 4.79 Å². The Morgan fingerprint density at radius 2 is 2.33 bits per heavy atom. The third kappa shape index (κ3) is 6.99. The Bertz CT molecular complexity index is 363. The summed E-state index contributed by atoms with van der Waals surface area (Å²) in [6, 6.07) is 3.71. The molecule has 0 aromatic carbocycles. The number of amides is 1. The van der Waals surface area contributed by atoms with Gasteiger partial charge >= 0.3 is 0 Å². The fourth-order valence-corrected chi connectivity index (χ4v) is 3.27. The maximum atomic E-state index is 11.6. The Morgan fingerprint density at radius 3 is 2.89 bits per heavy atom. The summed E-state index contributed by atoms with van der Waals surface area (Å²) in [6.07, 6.45) is 3.61. The van der Waals surface area contributed by atoms with Crippen LogP contribution in [0.3, 0.4) is 0 Å². The highest BCUT2D eigenvalue weighted by Gasteiger charge is 2.11. The number of rotatable bonds is 7. The molecule has 1 amide bonds. The highest BCUT2D eigenvalue weighted by atomic mass is 79.9. The van der Waals surface area contributed by atoms with Crippen molar-refractivity contribution in [1.82, 2.24) is 5.32 Å². The first-order valence-corrected chi connectivity index (χ1v) is 8.40. The monoisotopic (exact) mass is 372 g/mol. The molecule has 18 heavy (non-hydrogen) atoms. The van der Waals surface area contributed by atoms with Crippen LogP contribution in [0.1, 0.15) is 11.3 Å². The second-order valence-electron chi connectivity index (χ2n) is 3.63. The average Bonchev–Trinajstić information content (AvgIpc) is 2.71. The van der Waals surface area contributed by atoms with Crippen LogP contribution >= 0.6 is 51.4 Å². The maximum absolute atomic E-state index is 11.6. The predicted octanol–water partition coefficient (Wildman–Crippen LogP) is 2.67. The van der Waals surface area contributed by atoms with Gasteiger partial charge in [0.1, 0.15) is 0 Å². The minimum absolute atomic E-state index is 0. The molecule has 0 fully saturated rings. The summed E-state index contributed by atoms with van der Waals surface area (Å²) >= 11 is 6.81. The second-order valence-corrected chi connectivity index (χ2v) is 7.17. The van der Waals surface area contributed by atoms with Crippen LogP contribution in [-0.2, 0) is 11.2 Å². The van der Waals surface area contributed by atoms with Crippen LogP contribution in [0.2, 0.25) is 0 Å². The van der Waals surface area contributed by atoms with E-state index in [1.165, 1.54) is 4.88 Å². The molecule has 7 heteroatoms. The number of hydrogen-bond acceptors (Lipinski definition) is 4. The van der Waals surface area contributed by atoms with Crippen molar-refractivity contribution in [3.63, 3.8) is 0 Å². The number of halogens is 2. The van der Waals surface area contributed by atoms with Crippen LogP contribution in [0, 0.1) is 0 Å². The van der Waals surface area contributed by atoms with E-state index in [1.807, 2.05) is 12.3 Å². The summed E-state index contributed by atoms with van der Waals surface area (Å²) in [4.78, 5) is 12.9. The van der Waals surface area contributed by atoms with E-state index in [0.717, 1.165) is 22.4 Å². The lowest BCUT2D eigenvalue weighted by Crippen LogP contribution is -2.41. The van der Waals surface area contributed by atoms with Crippen molar-refractivity contribution in [1.29, 1.82) is 0 Å². The fraction of sp³-hybridized carbons (Fsp3) is 0.545. The highest BCUT2D eigenvalue weighted by molar-refractivity contribution is 9.11. The zero-order valence-corrected chi connectivity index (χ0v) is 14.2. The largest absolute Gasteiger partial charge is 0.354 e. The first kappa shape index (κ1) is 18.2. The lowest BCUT2D eigenvalue weighted by Gasteiger charge is -2.10. The number of hydrogen-bond donors (Lipinski definition) is 2. The molecule has 3 nitrogen and oxygen atoms in total. The Hall–Kier alpha value is 0.250. The van der Waals surface area contributed by atoms with Gasteiger partial charge in [0.15, 0.2) is 0 Å². The number of thiophene rings is 1. The predicted molar refractivity (Wildman–Crippen MR) is 87.0 cm³/mol. The van der Waals surface area contributed by atoms with Gasteiger partial charge in [-0.15, -0.1) is 23.7 Å². The molecule has 0 aliphatic carbocycles. The minimum atomic E-state index is -0.377. The third-order valence-electron chi connectivity index (χ3n) is 2.27. The Kier molecular flexibility index (Phi) is 10.2. The molecule has 3 N–H and O–H groups in total. The normalized spacial score (nSPS) is 11.7. The highest BCUT2D eigenvalue weighted by Crippen LogP contribution is 2.21. The molecule has 1 heterocycles. The zero-order valence-electron chi connectivity index (χ0n) is 10.1. The number of nitrogens with one attached hydrogen (secondary N) is 1. The number of nitrogens with two attached hydrogens (primary N) is 1. The van der Waals surface area contributed by atoms with Crippen molar-refractivity contribution in [2.24, 2.45) is 5.73 Å². The van der Waals surface area contributed by atoms with Gasteiger partial charge in [-0.1, -0.05) is 0 Å². The van der Waals surface area contributed by atoms with Crippen molar-refractivity contribution in [2.45, 2.75) is 18.9 Å².